The number of rotatable bonds is 7. The molecular formula is C23H28N4O8S. The molecule has 5 atom stereocenters. The number of esters is 3. The molecule has 0 saturated carbocycles. The minimum atomic E-state index is -1.21. The van der Waals surface area contributed by atoms with Crippen molar-refractivity contribution >= 4 is 36.0 Å². The second-order valence-electron chi connectivity index (χ2n) is 8.22. The molecule has 0 unspecified atom stereocenters. The van der Waals surface area contributed by atoms with Crippen molar-refractivity contribution in [3.8, 4) is 11.4 Å². The highest BCUT2D eigenvalue weighted by molar-refractivity contribution is 7.71. The van der Waals surface area contributed by atoms with Crippen LogP contribution < -0.4 is 5.32 Å². The van der Waals surface area contributed by atoms with Gasteiger partial charge in [-0.1, -0.05) is 30.3 Å². The van der Waals surface area contributed by atoms with Gasteiger partial charge in [0.05, 0.1) is 0 Å². The normalized spacial score (nSPS) is 23.4. The lowest BCUT2D eigenvalue weighted by Crippen LogP contribution is -2.64. The molecule has 2 heterocycles. The number of benzene rings is 1. The summed E-state index contributed by atoms with van der Waals surface area (Å²) in [6.45, 7) is 4.53. The molecule has 3 rings (SSSR count). The van der Waals surface area contributed by atoms with Crippen molar-refractivity contribution in [1.82, 2.24) is 19.7 Å². The molecule has 0 spiro atoms. The zero-order valence-electron chi connectivity index (χ0n) is 20.5. The van der Waals surface area contributed by atoms with Gasteiger partial charge in [0.15, 0.2) is 29.0 Å². The van der Waals surface area contributed by atoms with Crippen molar-refractivity contribution < 1.29 is 38.1 Å². The Balaban J connectivity index is 2.15. The van der Waals surface area contributed by atoms with E-state index in [1.54, 1.807) is 11.6 Å². The Morgan fingerprint density at radius 1 is 1.00 bits per heavy atom. The fourth-order valence-electron chi connectivity index (χ4n) is 3.98. The Morgan fingerprint density at radius 2 is 1.61 bits per heavy atom. The number of nitrogens with one attached hydrogen (secondary N) is 1. The van der Waals surface area contributed by atoms with Crippen LogP contribution >= 0.6 is 12.2 Å². The quantitative estimate of drug-likeness (QED) is 0.324. The van der Waals surface area contributed by atoms with Crippen LogP contribution in [0.1, 0.15) is 33.9 Å². The lowest BCUT2D eigenvalue weighted by molar-refractivity contribution is -0.239. The summed E-state index contributed by atoms with van der Waals surface area (Å²) in [5.41, 5.74) is 0.780. The number of hydrogen-bond donors (Lipinski definition) is 1. The summed E-state index contributed by atoms with van der Waals surface area (Å²) in [6, 6.07) is 8.22. The first-order valence-corrected chi connectivity index (χ1v) is 11.5. The Kier molecular flexibility index (Phi) is 8.58. The van der Waals surface area contributed by atoms with Crippen molar-refractivity contribution in [3.63, 3.8) is 0 Å². The fraction of sp³-hybridized carbons (Fsp3) is 0.478. The first-order valence-electron chi connectivity index (χ1n) is 11.1. The Morgan fingerprint density at radius 3 is 2.17 bits per heavy atom. The zero-order chi connectivity index (χ0) is 26.6. The van der Waals surface area contributed by atoms with Crippen LogP contribution in [0.15, 0.2) is 30.3 Å². The van der Waals surface area contributed by atoms with Gasteiger partial charge in [-0.2, -0.15) is 0 Å². The maximum absolute atomic E-state index is 12.2. The van der Waals surface area contributed by atoms with Gasteiger partial charge in [0.2, 0.25) is 5.91 Å². The molecule has 12 nitrogen and oxygen atoms in total. The van der Waals surface area contributed by atoms with E-state index in [4.69, 9.17) is 31.2 Å². The van der Waals surface area contributed by atoms with E-state index >= 15 is 0 Å². The van der Waals surface area contributed by atoms with Gasteiger partial charge < -0.3 is 28.8 Å². The Bertz CT molecular complexity index is 1190. The monoisotopic (exact) mass is 520 g/mol. The molecule has 0 bridgehead atoms. The summed E-state index contributed by atoms with van der Waals surface area (Å²) in [5, 5.41) is 7.35. The molecular weight excluding hydrogens is 492 g/mol. The summed E-state index contributed by atoms with van der Waals surface area (Å²) in [4.78, 5) is 47.7. The topological polar surface area (TPSA) is 140 Å². The van der Waals surface area contributed by atoms with Crippen LogP contribution in [-0.4, -0.2) is 69.1 Å². The number of aromatic nitrogens is 3. The summed E-state index contributed by atoms with van der Waals surface area (Å²) in [6.07, 6.45) is -4.59. The number of carbonyl (C=O) groups is 4. The molecule has 1 saturated heterocycles. The number of hydrogen-bond acceptors (Lipinski definition) is 10. The zero-order valence-corrected chi connectivity index (χ0v) is 21.3. The predicted molar refractivity (Wildman–Crippen MR) is 127 cm³/mol. The SMILES string of the molecule is CC(=O)N[C@@H]1[C@@H](OC(C)=O)[C@H](OC(C)=O)[C@@H](COC(C)=O)O[C@H]1n1nc(-c2ccccc2)n(C)c1=S. The number of carbonyl (C=O) groups excluding carboxylic acids is 4. The maximum Gasteiger partial charge on any atom is 0.303 e. The van der Waals surface area contributed by atoms with Crippen LogP contribution in [0, 0.1) is 4.77 Å². The van der Waals surface area contributed by atoms with Crippen LogP contribution in [0.25, 0.3) is 11.4 Å². The van der Waals surface area contributed by atoms with E-state index in [1.165, 1.54) is 32.4 Å². The average molecular weight is 521 g/mol. The number of nitrogens with zero attached hydrogens (tertiary/aromatic N) is 3. The molecule has 1 aliphatic rings. The Labute approximate surface area is 212 Å². The molecule has 1 N–H and O–H groups in total. The van der Waals surface area contributed by atoms with E-state index in [2.05, 4.69) is 10.4 Å². The molecule has 0 aliphatic carbocycles. The van der Waals surface area contributed by atoms with Gasteiger partial charge in [0.1, 0.15) is 18.8 Å². The van der Waals surface area contributed by atoms with E-state index in [0.717, 1.165) is 5.56 Å². The molecule has 36 heavy (non-hydrogen) atoms. The molecule has 1 aromatic heterocycles. The third kappa shape index (κ3) is 6.15. The van der Waals surface area contributed by atoms with Crippen LogP contribution in [0.2, 0.25) is 0 Å². The van der Waals surface area contributed by atoms with Crippen LogP contribution in [-0.2, 0) is 45.2 Å². The van der Waals surface area contributed by atoms with Gasteiger partial charge in [-0.3, -0.25) is 19.2 Å². The lowest BCUT2D eigenvalue weighted by atomic mass is 9.95. The second-order valence-corrected chi connectivity index (χ2v) is 8.58. The smallest absolute Gasteiger partial charge is 0.303 e. The van der Waals surface area contributed by atoms with E-state index in [1.807, 2.05) is 30.3 Å². The standard InChI is InChI=1S/C23H28N4O8S/c1-12(28)24-18-20(34-15(4)31)19(33-14(3)30)17(11-32-13(2)29)35-22(18)27-23(36)26(5)21(25-27)16-9-7-6-8-10-16/h6-10,17-20,22H,11H2,1-5H3,(H,24,28)/t17-,18-,19-,20-,22-/m1/s1. The minimum Gasteiger partial charge on any atom is -0.463 e. The van der Waals surface area contributed by atoms with E-state index in [9.17, 15) is 19.2 Å². The summed E-state index contributed by atoms with van der Waals surface area (Å²) < 4.78 is 25.6. The first kappa shape index (κ1) is 27.0. The first-order chi connectivity index (χ1) is 17.0. The van der Waals surface area contributed by atoms with Crippen molar-refractivity contribution in [2.24, 2.45) is 7.05 Å². The highest BCUT2D eigenvalue weighted by Gasteiger charge is 2.52. The van der Waals surface area contributed by atoms with Gasteiger partial charge in [-0.25, -0.2) is 4.68 Å². The van der Waals surface area contributed by atoms with E-state index in [0.29, 0.717) is 5.82 Å². The van der Waals surface area contributed by atoms with Crippen molar-refractivity contribution in [2.45, 2.75) is 58.3 Å². The van der Waals surface area contributed by atoms with Gasteiger partial charge in [0.25, 0.3) is 0 Å². The summed E-state index contributed by atoms with van der Waals surface area (Å²) in [5.74, 6) is -1.90. The molecule has 1 aliphatic heterocycles. The Hall–Kier alpha value is -3.58. The highest BCUT2D eigenvalue weighted by atomic mass is 32.1. The van der Waals surface area contributed by atoms with Crippen molar-refractivity contribution in [2.75, 3.05) is 6.61 Å². The van der Waals surface area contributed by atoms with Gasteiger partial charge >= 0.3 is 17.9 Å². The van der Waals surface area contributed by atoms with Crippen molar-refractivity contribution in [1.29, 1.82) is 0 Å². The molecule has 0 radical (unpaired) electrons. The second kappa shape index (κ2) is 11.4. The van der Waals surface area contributed by atoms with Crippen molar-refractivity contribution in [3.05, 3.63) is 35.1 Å². The van der Waals surface area contributed by atoms with Gasteiger partial charge in [0, 0.05) is 40.3 Å². The van der Waals surface area contributed by atoms with E-state index < -0.39 is 54.4 Å². The molecule has 2 aromatic rings. The van der Waals surface area contributed by atoms with Crippen LogP contribution in [0.5, 0.6) is 0 Å². The molecule has 1 fully saturated rings. The van der Waals surface area contributed by atoms with Gasteiger partial charge in [-0.05, 0) is 12.2 Å². The van der Waals surface area contributed by atoms with E-state index in [-0.39, 0.29) is 11.4 Å². The third-order valence-corrected chi connectivity index (χ3v) is 5.83. The molecule has 13 heteroatoms. The fourth-order valence-corrected chi connectivity index (χ4v) is 4.21. The highest BCUT2D eigenvalue weighted by Crippen LogP contribution is 2.33. The lowest BCUT2D eigenvalue weighted by Gasteiger charge is -2.45. The number of amides is 1. The summed E-state index contributed by atoms with van der Waals surface area (Å²) >= 11 is 5.62. The molecule has 1 aromatic carbocycles. The van der Waals surface area contributed by atoms with Gasteiger partial charge in [-0.15, -0.1) is 5.10 Å². The number of ether oxygens (including phenoxy) is 4. The maximum atomic E-state index is 12.2. The average Bonchev–Trinajstić information content (AvgIpc) is 3.09. The minimum absolute atomic E-state index is 0.243. The van der Waals surface area contributed by atoms with Crippen LogP contribution in [0.4, 0.5) is 0 Å². The predicted octanol–water partition coefficient (Wildman–Crippen LogP) is 1.45. The third-order valence-electron chi connectivity index (χ3n) is 5.37. The molecule has 1 amide bonds. The summed E-state index contributed by atoms with van der Waals surface area (Å²) in [7, 11) is 1.73. The van der Waals surface area contributed by atoms with Crippen LogP contribution in [0.3, 0.4) is 0 Å². The largest absolute Gasteiger partial charge is 0.463 e. The molecule has 194 valence electrons.